The molecule has 0 aliphatic rings. The maximum atomic E-state index is 12.0. The fraction of sp³-hybridized carbons (Fsp3) is 0. The molecule has 0 heterocycles. The molecule has 0 spiro atoms. The standard InChI is InChI=1S/C12H8Br2NO2S/c13-9-1-5-11(6-2-9)15-18(16,17)12-7-3-10(14)4-8-12/h1-8H/q-1. The van der Waals surface area contributed by atoms with Crippen molar-refractivity contribution in [2.24, 2.45) is 0 Å². The van der Waals surface area contributed by atoms with Gasteiger partial charge in [0.15, 0.2) is 0 Å². The van der Waals surface area contributed by atoms with Gasteiger partial charge in [0.1, 0.15) is 10.0 Å². The molecule has 2 aromatic rings. The number of benzene rings is 2. The van der Waals surface area contributed by atoms with E-state index < -0.39 is 10.0 Å². The molecule has 0 atom stereocenters. The molecule has 0 aliphatic heterocycles. The summed E-state index contributed by atoms with van der Waals surface area (Å²) in [4.78, 5) is 0.175. The summed E-state index contributed by atoms with van der Waals surface area (Å²) in [5, 5.41) is 0. The van der Waals surface area contributed by atoms with Gasteiger partial charge < -0.3 is 4.72 Å². The molecule has 2 aromatic carbocycles. The Balaban J connectivity index is 2.27. The lowest BCUT2D eigenvalue weighted by Crippen LogP contribution is -1.97. The van der Waals surface area contributed by atoms with Crippen LogP contribution in [0.4, 0.5) is 5.69 Å². The first-order valence-electron chi connectivity index (χ1n) is 4.96. The van der Waals surface area contributed by atoms with Crippen molar-refractivity contribution in [1.29, 1.82) is 0 Å². The summed E-state index contributed by atoms with van der Waals surface area (Å²) < 4.78 is 29.5. The smallest absolute Gasteiger partial charge is 0.123 e. The van der Waals surface area contributed by atoms with E-state index in [-0.39, 0.29) is 4.90 Å². The highest BCUT2D eigenvalue weighted by Gasteiger charge is 2.04. The fourth-order valence-corrected chi connectivity index (χ4v) is 2.81. The minimum absolute atomic E-state index is 0.175. The van der Waals surface area contributed by atoms with Gasteiger partial charge in [-0.25, -0.2) is 8.42 Å². The molecule has 2 rings (SSSR count). The van der Waals surface area contributed by atoms with E-state index in [2.05, 4.69) is 36.6 Å². The zero-order chi connectivity index (χ0) is 13.2. The molecule has 18 heavy (non-hydrogen) atoms. The summed E-state index contributed by atoms with van der Waals surface area (Å²) in [6.07, 6.45) is 0. The van der Waals surface area contributed by atoms with Crippen LogP contribution < -0.4 is 0 Å². The van der Waals surface area contributed by atoms with Gasteiger partial charge in [-0.3, -0.25) is 0 Å². The van der Waals surface area contributed by atoms with E-state index in [1.165, 1.54) is 12.1 Å². The largest absolute Gasteiger partial charge is 0.573 e. The van der Waals surface area contributed by atoms with E-state index in [1.807, 2.05) is 0 Å². The third-order valence-corrected chi connectivity index (χ3v) is 4.54. The molecule has 0 saturated heterocycles. The van der Waals surface area contributed by atoms with Crippen molar-refractivity contribution in [3.05, 3.63) is 62.2 Å². The van der Waals surface area contributed by atoms with Crippen molar-refractivity contribution in [3.63, 3.8) is 0 Å². The Morgan fingerprint density at radius 1 is 0.778 bits per heavy atom. The van der Waals surface area contributed by atoms with Gasteiger partial charge in [0.05, 0.1) is 4.90 Å². The summed E-state index contributed by atoms with van der Waals surface area (Å²) in [6, 6.07) is 13.1. The zero-order valence-corrected chi connectivity index (χ0v) is 13.0. The van der Waals surface area contributed by atoms with Crippen LogP contribution in [-0.2, 0) is 10.0 Å². The van der Waals surface area contributed by atoms with Gasteiger partial charge in [0, 0.05) is 8.95 Å². The summed E-state index contributed by atoms with van der Waals surface area (Å²) >= 11 is 6.54. The topological polar surface area (TPSA) is 48.2 Å². The minimum atomic E-state index is -3.65. The van der Waals surface area contributed by atoms with Crippen LogP contribution in [0.1, 0.15) is 0 Å². The van der Waals surface area contributed by atoms with Gasteiger partial charge in [-0.1, -0.05) is 44.0 Å². The molecule has 0 radical (unpaired) electrons. The first-order chi connectivity index (χ1) is 8.47. The van der Waals surface area contributed by atoms with E-state index in [9.17, 15) is 8.42 Å². The first-order valence-corrected chi connectivity index (χ1v) is 7.99. The Hall–Kier alpha value is -0.850. The van der Waals surface area contributed by atoms with Crippen molar-refractivity contribution in [2.75, 3.05) is 0 Å². The Morgan fingerprint density at radius 3 is 1.72 bits per heavy atom. The average molecular weight is 390 g/mol. The second-order valence-corrected chi connectivity index (χ2v) is 6.93. The van der Waals surface area contributed by atoms with Crippen LogP contribution in [0.15, 0.2) is 62.4 Å². The van der Waals surface area contributed by atoms with Crippen molar-refractivity contribution in [3.8, 4) is 0 Å². The number of nitrogens with zero attached hydrogens (tertiary/aromatic N) is 1. The fourth-order valence-electron chi connectivity index (χ4n) is 1.30. The maximum absolute atomic E-state index is 12.0. The van der Waals surface area contributed by atoms with Crippen LogP contribution in [0, 0.1) is 0 Å². The van der Waals surface area contributed by atoms with Crippen LogP contribution in [0.2, 0.25) is 0 Å². The Kier molecular flexibility index (Phi) is 4.09. The number of halogens is 2. The molecule has 6 heteroatoms. The summed E-state index contributed by atoms with van der Waals surface area (Å²) in [6.45, 7) is 0. The molecule has 0 N–H and O–H groups in total. The lowest BCUT2D eigenvalue weighted by Gasteiger charge is -2.21. The SMILES string of the molecule is O=S(=O)([N-]c1ccc(Br)cc1)c1ccc(Br)cc1. The van der Waals surface area contributed by atoms with Gasteiger partial charge in [-0.05, 0) is 36.4 Å². The zero-order valence-electron chi connectivity index (χ0n) is 9.05. The second kappa shape index (κ2) is 5.42. The van der Waals surface area contributed by atoms with Crippen molar-refractivity contribution in [2.45, 2.75) is 4.90 Å². The highest BCUT2D eigenvalue weighted by molar-refractivity contribution is 9.10. The van der Waals surface area contributed by atoms with Crippen LogP contribution in [0.25, 0.3) is 4.72 Å². The monoisotopic (exact) mass is 388 g/mol. The van der Waals surface area contributed by atoms with E-state index in [1.54, 1.807) is 36.4 Å². The Bertz CT molecular complexity index is 637. The van der Waals surface area contributed by atoms with Crippen molar-refractivity contribution in [1.82, 2.24) is 0 Å². The van der Waals surface area contributed by atoms with Crippen molar-refractivity contribution >= 4 is 47.6 Å². The molecule has 0 unspecified atom stereocenters. The highest BCUT2D eigenvalue weighted by atomic mass is 79.9. The van der Waals surface area contributed by atoms with E-state index in [4.69, 9.17) is 0 Å². The van der Waals surface area contributed by atoms with Gasteiger partial charge >= 0.3 is 0 Å². The van der Waals surface area contributed by atoms with Crippen molar-refractivity contribution < 1.29 is 8.42 Å². The Morgan fingerprint density at radius 2 is 1.22 bits per heavy atom. The van der Waals surface area contributed by atoms with Crippen LogP contribution in [-0.4, -0.2) is 8.42 Å². The van der Waals surface area contributed by atoms with Crippen LogP contribution >= 0.6 is 31.9 Å². The molecular weight excluding hydrogens is 382 g/mol. The van der Waals surface area contributed by atoms with Crippen LogP contribution in [0.3, 0.4) is 0 Å². The third-order valence-electron chi connectivity index (χ3n) is 2.16. The minimum Gasteiger partial charge on any atom is -0.573 e. The highest BCUT2D eigenvalue weighted by Crippen LogP contribution is 2.29. The lowest BCUT2D eigenvalue weighted by molar-refractivity contribution is 0.603. The normalized spacial score (nSPS) is 11.2. The van der Waals surface area contributed by atoms with Crippen LogP contribution in [0.5, 0.6) is 0 Å². The number of hydrogen-bond acceptors (Lipinski definition) is 2. The van der Waals surface area contributed by atoms with Gasteiger partial charge in [-0.15, -0.1) is 5.69 Å². The Labute approximate surface area is 123 Å². The summed E-state index contributed by atoms with van der Waals surface area (Å²) in [7, 11) is -3.65. The lowest BCUT2D eigenvalue weighted by atomic mass is 10.3. The third kappa shape index (κ3) is 3.34. The van der Waals surface area contributed by atoms with Gasteiger partial charge in [0.25, 0.3) is 0 Å². The van der Waals surface area contributed by atoms with E-state index in [0.29, 0.717) is 5.69 Å². The number of hydrogen-bond donors (Lipinski definition) is 0. The molecule has 0 amide bonds. The molecule has 0 saturated carbocycles. The molecule has 3 nitrogen and oxygen atoms in total. The molecule has 0 aliphatic carbocycles. The second-order valence-electron chi connectivity index (χ2n) is 3.50. The van der Waals surface area contributed by atoms with E-state index >= 15 is 0 Å². The summed E-state index contributed by atoms with van der Waals surface area (Å²) in [5.41, 5.74) is 0.404. The molecular formula is C12H8Br2NO2S-. The molecule has 0 aromatic heterocycles. The summed E-state index contributed by atoms with van der Waals surface area (Å²) in [5.74, 6) is 0. The number of sulfonamides is 1. The molecule has 0 bridgehead atoms. The predicted molar refractivity (Wildman–Crippen MR) is 78.5 cm³/mol. The van der Waals surface area contributed by atoms with E-state index in [0.717, 1.165) is 8.95 Å². The average Bonchev–Trinajstić information content (AvgIpc) is 2.32. The predicted octanol–water partition coefficient (Wildman–Crippen LogP) is 4.61. The van der Waals surface area contributed by atoms with Gasteiger partial charge in [-0.2, -0.15) is 0 Å². The van der Waals surface area contributed by atoms with Gasteiger partial charge in [0.2, 0.25) is 0 Å². The maximum Gasteiger partial charge on any atom is 0.123 e. The molecule has 0 fully saturated rings. The first kappa shape index (κ1) is 13.6. The number of rotatable bonds is 3. The molecule has 94 valence electrons. The quantitative estimate of drug-likeness (QED) is 0.769.